The van der Waals surface area contributed by atoms with E-state index in [1.807, 2.05) is 24.4 Å². The first kappa shape index (κ1) is 22.7. The molecule has 1 heterocycles. The number of rotatable bonds is 10. The summed E-state index contributed by atoms with van der Waals surface area (Å²) < 4.78 is 27.1. The van der Waals surface area contributed by atoms with Crippen molar-refractivity contribution in [2.24, 2.45) is 4.99 Å². The molecule has 2 atom stereocenters. The average molecular weight is 406 g/mol. The zero-order valence-electron chi connectivity index (χ0n) is 17.4. The lowest BCUT2D eigenvalue weighted by Gasteiger charge is -2.18. The Bertz CT molecular complexity index is 697. The van der Waals surface area contributed by atoms with Crippen molar-refractivity contribution in [1.29, 1.82) is 5.26 Å². The van der Waals surface area contributed by atoms with Crippen LogP contribution in [0.3, 0.4) is 0 Å². The fourth-order valence-corrected chi connectivity index (χ4v) is 2.85. The summed E-state index contributed by atoms with van der Waals surface area (Å²) in [5, 5.41) is 14.5. The van der Waals surface area contributed by atoms with Gasteiger partial charge in [-0.15, -0.1) is 0 Å². The van der Waals surface area contributed by atoms with Gasteiger partial charge in [0.15, 0.2) is 24.0 Å². The second kappa shape index (κ2) is 12.1. The lowest BCUT2D eigenvalue weighted by molar-refractivity contribution is -0.0966. The highest BCUT2D eigenvalue weighted by Crippen LogP contribution is 2.32. The van der Waals surface area contributed by atoms with Crippen LogP contribution in [-0.4, -0.2) is 66.0 Å². The van der Waals surface area contributed by atoms with Crippen LogP contribution in [0.5, 0.6) is 11.5 Å². The predicted molar refractivity (Wildman–Crippen MR) is 108 cm³/mol. The zero-order chi connectivity index (χ0) is 21.1. The van der Waals surface area contributed by atoms with Crippen LogP contribution < -0.4 is 20.1 Å². The number of nitriles is 1. The summed E-state index contributed by atoms with van der Waals surface area (Å²) in [5.41, 5.74) is 1.06. The lowest BCUT2D eigenvalue weighted by Crippen LogP contribution is -2.40. The van der Waals surface area contributed by atoms with E-state index < -0.39 is 6.29 Å². The molecule has 0 bridgehead atoms. The Morgan fingerprint density at radius 1 is 1.31 bits per heavy atom. The van der Waals surface area contributed by atoms with Gasteiger partial charge in [-0.1, -0.05) is 13.0 Å². The van der Waals surface area contributed by atoms with Crippen molar-refractivity contribution >= 4 is 5.96 Å². The number of guanidine groups is 1. The van der Waals surface area contributed by atoms with E-state index in [0.717, 1.165) is 12.0 Å². The van der Waals surface area contributed by atoms with Crippen LogP contribution in [0, 0.1) is 11.5 Å². The fourth-order valence-electron chi connectivity index (χ4n) is 2.85. The van der Waals surface area contributed by atoms with E-state index in [9.17, 15) is 0 Å². The first-order valence-electron chi connectivity index (χ1n) is 9.52. The Morgan fingerprint density at radius 3 is 2.72 bits per heavy atom. The standard InChI is InChI=1S/C20H30N4O5/c1-14(10-22-20(24-13-21)23-11-19(26-3)27-4)15-5-6-17(25-2)18(9-15)29-16-7-8-28-12-16/h5-6,9,14,16,19H,7-8,10-12H2,1-4H3,(H2,22,23,24). The first-order chi connectivity index (χ1) is 14.1. The Balaban J connectivity index is 2.04. The minimum Gasteiger partial charge on any atom is -0.493 e. The Hall–Kier alpha value is -2.54. The molecule has 9 nitrogen and oxygen atoms in total. The number of aliphatic imine (C=N–C) groups is 1. The molecule has 1 saturated heterocycles. The summed E-state index contributed by atoms with van der Waals surface area (Å²) >= 11 is 0. The normalized spacial score (nSPS) is 17.7. The van der Waals surface area contributed by atoms with Crippen molar-refractivity contribution in [3.63, 3.8) is 0 Å². The molecule has 1 aliphatic heterocycles. The van der Waals surface area contributed by atoms with Crippen LogP contribution in [-0.2, 0) is 14.2 Å². The zero-order valence-corrected chi connectivity index (χ0v) is 17.4. The summed E-state index contributed by atoms with van der Waals surface area (Å²) in [5.74, 6) is 1.86. The van der Waals surface area contributed by atoms with Gasteiger partial charge in [0.05, 0.1) is 26.9 Å². The molecule has 1 aromatic rings. The molecule has 0 spiro atoms. The summed E-state index contributed by atoms with van der Waals surface area (Å²) in [6, 6.07) is 5.87. The van der Waals surface area contributed by atoms with Gasteiger partial charge in [-0.3, -0.25) is 10.3 Å². The SMILES string of the molecule is COc1ccc(C(C)CN=C(NC#N)NCC(OC)OC)cc1OC1CCOC1. The summed E-state index contributed by atoms with van der Waals surface area (Å²) in [6.07, 6.45) is 2.36. The highest BCUT2D eigenvalue weighted by molar-refractivity contribution is 5.81. The van der Waals surface area contributed by atoms with Crippen LogP contribution in [0.25, 0.3) is 0 Å². The molecule has 1 fully saturated rings. The predicted octanol–water partition coefficient (Wildman–Crippen LogP) is 1.60. The molecule has 2 N–H and O–H groups in total. The third kappa shape index (κ3) is 7.09. The number of nitrogens with zero attached hydrogens (tertiary/aromatic N) is 2. The van der Waals surface area contributed by atoms with E-state index in [0.29, 0.717) is 43.8 Å². The Labute approximate surface area is 171 Å². The molecule has 29 heavy (non-hydrogen) atoms. The molecule has 1 aliphatic rings. The molecule has 0 radical (unpaired) electrons. The van der Waals surface area contributed by atoms with Crippen molar-refractivity contribution in [3.8, 4) is 17.7 Å². The third-order valence-corrected chi connectivity index (χ3v) is 4.60. The molecule has 0 saturated carbocycles. The van der Waals surface area contributed by atoms with Gasteiger partial charge in [0.1, 0.15) is 6.10 Å². The summed E-state index contributed by atoms with van der Waals surface area (Å²) in [7, 11) is 4.72. The van der Waals surface area contributed by atoms with Crippen molar-refractivity contribution < 1.29 is 23.7 Å². The van der Waals surface area contributed by atoms with Gasteiger partial charge in [-0.25, -0.2) is 0 Å². The van der Waals surface area contributed by atoms with Gasteiger partial charge >= 0.3 is 0 Å². The molecular formula is C20H30N4O5. The number of hydrogen-bond donors (Lipinski definition) is 2. The average Bonchev–Trinajstić information content (AvgIpc) is 3.25. The van der Waals surface area contributed by atoms with E-state index in [-0.39, 0.29) is 12.0 Å². The number of hydrogen-bond acceptors (Lipinski definition) is 7. The van der Waals surface area contributed by atoms with E-state index in [1.165, 1.54) is 0 Å². The second-order valence-corrected chi connectivity index (χ2v) is 6.62. The maximum absolute atomic E-state index is 8.94. The van der Waals surface area contributed by atoms with Crippen LogP contribution in [0.15, 0.2) is 23.2 Å². The van der Waals surface area contributed by atoms with Crippen LogP contribution in [0.1, 0.15) is 24.8 Å². The summed E-state index contributed by atoms with van der Waals surface area (Å²) in [4.78, 5) is 4.47. The maximum Gasteiger partial charge on any atom is 0.204 e. The molecule has 0 amide bonds. The number of methoxy groups -OCH3 is 3. The molecule has 1 aromatic carbocycles. The molecular weight excluding hydrogens is 376 g/mol. The monoisotopic (exact) mass is 406 g/mol. The molecule has 0 aromatic heterocycles. The van der Waals surface area contributed by atoms with Gasteiger partial charge in [-0.05, 0) is 17.7 Å². The molecule has 0 aliphatic carbocycles. The fraction of sp³-hybridized carbons (Fsp3) is 0.600. The van der Waals surface area contributed by atoms with Crippen molar-refractivity contribution in [1.82, 2.24) is 10.6 Å². The largest absolute Gasteiger partial charge is 0.493 e. The van der Waals surface area contributed by atoms with E-state index in [1.54, 1.807) is 21.3 Å². The van der Waals surface area contributed by atoms with Crippen LogP contribution in [0.2, 0.25) is 0 Å². The van der Waals surface area contributed by atoms with E-state index in [2.05, 4.69) is 22.5 Å². The topological polar surface area (TPSA) is 106 Å². The van der Waals surface area contributed by atoms with Gasteiger partial charge < -0.3 is 29.0 Å². The lowest BCUT2D eigenvalue weighted by atomic mass is 10.0. The highest BCUT2D eigenvalue weighted by Gasteiger charge is 2.20. The smallest absolute Gasteiger partial charge is 0.204 e. The quantitative estimate of drug-likeness (QED) is 0.198. The first-order valence-corrected chi connectivity index (χ1v) is 9.52. The molecule has 2 rings (SSSR count). The Morgan fingerprint density at radius 2 is 2.10 bits per heavy atom. The van der Waals surface area contributed by atoms with Gasteiger partial charge in [-0.2, -0.15) is 5.26 Å². The second-order valence-electron chi connectivity index (χ2n) is 6.62. The number of benzene rings is 1. The van der Waals surface area contributed by atoms with E-state index in [4.69, 9.17) is 28.9 Å². The number of ether oxygens (including phenoxy) is 5. The van der Waals surface area contributed by atoms with Gasteiger partial charge in [0.25, 0.3) is 0 Å². The van der Waals surface area contributed by atoms with Crippen molar-refractivity contribution in [2.75, 3.05) is 47.6 Å². The minimum absolute atomic E-state index is 0.0395. The maximum atomic E-state index is 8.94. The molecule has 160 valence electrons. The van der Waals surface area contributed by atoms with Gasteiger partial charge in [0, 0.05) is 33.1 Å². The third-order valence-electron chi connectivity index (χ3n) is 4.60. The Kier molecular flexibility index (Phi) is 9.50. The van der Waals surface area contributed by atoms with Crippen molar-refractivity contribution in [3.05, 3.63) is 23.8 Å². The van der Waals surface area contributed by atoms with E-state index >= 15 is 0 Å². The highest BCUT2D eigenvalue weighted by atomic mass is 16.7. The number of nitrogens with one attached hydrogen (secondary N) is 2. The summed E-state index contributed by atoms with van der Waals surface area (Å²) in [6.45, 7) is 4.20. The van der Waals surface area contributed by atoms with Gasteiger partial charge in [0.2, 0.25) is 5.96 Å². The van der Waals surface area contributed by atoms with Crippen LogP contribution in [0.4, 0.5) is 0 Å². The van der Waals surface area contributed by atoms with Crippen LogP contribution >= 0.6 is 0 Å². The minimum atomic E-state index is -0.432. The molecule has 2 unspecified atom stereocenters. The van der Waals surface area contributed by atoms with Crippen molar-refractivity contribution in [2.45, 2.75) is 31.7 Å². The molecule has 9 heteroatoms.